The Kier molecular flexibility index (Phi) is 9.71. The SMILES string of the molecule is C[C@H](C#N)Nc1cc(-n2ncc3cc(C#N)cnc32)ncc1-n1cc(C2CCC(CCN3CC[C@H](c4ccc(N5CCC(=O)NC5=O)cc4)C3)CC2)nn1. The van der Waals surface area contributed by atoms with Gasteiger partial charge in [-0.15, -0.1) is 5.10 Å². The highest BCUT2D eigenvalue weighted by atomic mass is 16.2. The van der Waals surface area contributed by atoms with Crippen molar-refractivity contribution in [2.45, 2.75) is 69.7 Å². The van der Waals surface area contributed by atoms with Crippen LogP contribution in [0.15, 0.2) is 61.2 Å². The first-order valence-corrected chi connectivity index (χ1v) is 18.6. The van der Waals surface area contributed by atoms with E-state index in [-0.39, 0.29) is 11.9 Å². The molecular weight excluding hydrogens is 683 g/mol. The van der Waals surface area contributed by atoms with Crippen LogP contribution in [0.5, 0.6) is 0 Å². The summed E-state index contributed by atoms with van der Waals surface area (Å²) in [4.78, 5) is 37.0. The van der Waals surface area contributed by atoms with Gasteiger partial charge in [0.2, 0.25) is 5.91 Å². The van der Waals surface area contributed by atoms with Crippen molar-refractivity contribution in [3.05, 3.63) is 78.0 Å². The number of amides is 3. The lowest BCUT2D eigenvalue weighted by Crippen LogP contribution is -2.49. The second-order valence-electron chi connectivity index (χ2n) is 14.6. The molecule has 54 heavy (non-hydrogen) atoms. The highest BCUT2D eigenvalue weighted by Crippen LogP contribution is 2.38. The first-order valence-electron chi connectivity index (χ1n) is 18.6. The minimum atomic E-state index is -0.467. The van der Waals surface area contributed by atoms with Crippen LogP contribution in [0.25, 0.3) is 22.5 Å². The van der Waals surface area contributed by atoms with Gasteiger partial charge in [-0.3, -0.25) is 15.0 Å². The maximum Gasteiger partial charge on any atom is 0.328 e. The molecule has 8 rings (SSSR count). The number of hydrogen-bond donors (Lipinski definition) is 2. The van der Waals surface area contributed by atoms with Gasteiger partial charge in [0.25, 0.3) is 0 Å². The van der Waals surface area contributed by atoms with E-state index in [0.717, 1.165) is 68.5 Å². The lowest BCUT2D eigenvalue weighted by atomic mass is 9.79. The van der Waals surface area contributed by atoms with E-state index in [0.29, 0.717) is 59.1 Å². The number of hydrogen-bond acceptors (Lipinski definition) is 11. The van der Waals surface area contributed by atoms with E-state index >= 15 is 0 Å². The maximum atomic E-state index is 12.2. The number of aromatic nitrogens is 7. The number of fused-ring (bicyclic) bond motifs is 1. The molecule has 1 aliphatic carbocycles. The summed E-state index contributed by atoms with van der Waals surface area (Å²) in [5.41, 5.74) is 5.47. The molecule has 2 atom stereocenters. The van der Waals surface area contributed by atoms with Crippen LogP contribution in [0.2, 0.25) is 0 Å². The molecule has 1 saturated carbocycles. The van der Waals surface area contributed by atoms with E-state index in [1.54, 1.807) is 39.6 Å². The zero-order valence-corrected chi connectivity index (χ0v) is 30.1. The molecule has 1 aromatic carbocycles. The number of nitriles is 2. The Balaban J connectivity index is 0.857. The van der Waals surface area contributed by atoms with E-state index in [2.05, 4.69) is 65.2 Å². The number of imide groups is 1. The molecule has 2 N–H and O–H groups in total. The van der Waals surface area contributed by atoms with Crippen molar-refractivity contribution in [3.8, 4) is 23.6 Å². The second-order valence-corrected chi connectivity index (χ2v) is 14.6. The van der Waals surface area contributed by atoms with Crippen molar-refractivity contribution < 1.29 is 9.59 Å². The van der Waals surface area contributed by atoms with Gasteiger partial charge in [0.05, 0.1) is 41.6 Å². The molecule has 3 fully saturated rings. The molecule has 0 unspecified atom stereocenters. The molecule has 0 spiro atoms. The van der Waals surface area contributed by atoms with Gasteiger partial charge < -0.3 is 10.2 Å². The summed E-state index contributed by atoms with van der Waals surface area (Å²) in [6.07, 6.45) is 14.0. The molecule has 6 heterocycles. The van der Waals surface area contributed by atoms with Crippen molar-refractivity contribution in [2.24, 2.45) is 5.92 Å². The van der Waals surface area contributed by atoms with Crippen LogP contribution in [0, 0.1) is 28.6 Å². The lowest BCUT2D eigenvalue weighted by Gasteiger charge is -2.28. The van der Waals surface area contributed by atoms with Crippen LogP contribution in [0.3, 0.4) is 0 Å². The highest BCUT2D eigenvalue weighted by Gasteiger charge is 2.29. The lowest BCUT2D eigenvalue weighted by molar-refractivity contribution is -0.120. The van der Waals surface area contributed by atoms with Crippen LogP contribution in [0.1, 0.15) is 80.5 Å². The van der Waals surface area contributed by atoms with Gasteiger partial charge in [0.1, 0.15) is 17.8 Å². The Morgan fingerprint density at radius 1 is 0.981 bits per heavy atom. The van der Waals surface area contributed by atoms with Crippen LogP contribution >= 0.6 is 0 Å². The van der Waals surface area contributed by atoms with Crippen molar-refractivity contribution in [1.29, 1.82) is 10.5 Å². The van der Waals surface area contributed by atoms with Crippen LogP contribution in [-0.4, -0.2) is 83.8 Å². The molecule has 0 bridgehead atoms. The number of benzene rings is 1. The van der Waals surface area contributed by atoms with E-state index in [1.807, 2.05) is 24.4 Å². The van der Waals surface area contributed by atoms with Gasteiger partial charge in [0, 0.05) is 48.8 Å². The van der Waals surface area contributed by atoms with E-state index in [1.165, 1.54) is 18.2 Å². The van der Waals surface area contributed by atoms with E-state index in [4.69, 9.17) is 0 Å². The molecule has 15 heteroatoms. The second kappa shape index (κ2) is 15.0. The molecule has 3 amide bonds. The fourth-order valence-corrected chi connectivity index (χ4v) is 8.00. The fraction of sp³-hybridized carbons (Fsp3) is 0.410. The Bertz CT molecular complexity index is 2260. The Labute approximate surface area is 312 Å². The zero-order valence-electron chi connectivity index (χ0n) is 30.1. The van der Waals surface area contributed by atoms with Gasteiger partial charge in [-0.1, -0.05) is 17.3 Å². The summed E-state index contributed by atoms with van der Waals surface area (Å²) in [6, 6.07) is 15.3. The third-order valence-electron chi connectivity index (χ3n) is 11.1. The number of carbonyl (C=O) groups is 2. The van der Waals surface area contributed by atoms with Crippen LogP contribution in [0.4, 0.5) is 16.2 Å². The number of rotatable bonds is 10. The molecule has 2 aliphatic heterocycles. The summed E-state index contributed by atoms with van der Waals surface area (Å²) < 4.78 is 3.34. The minimum absolute atomic E-state index is 0.220. The average molecular weight is 724 g/mol. The standard InChI is InChI=1S/C39H41N13O2/c1-25(18-40)45-33-17-36(52-38-31(21-44-52)16-27(19-41)20-43-38)42-22-35(33)51-24-34(47-48-51)29-4-2-26(3-5-29)10-13-49-14-11-30(23-49)28-6-8-32(9-7-28)50-15-12-37(53)46-39(50)54/h6-9,16-17,20-22,24-26,29-30H,2-5,10-15,23H2,1H3,(H,42,45)(H,46,53,54)/t25-,26?,29?,30+/m1/s1. The van der Waals surface area contributed by atoms with Crippen LogP contribution in [-0.2, 0) is 4.79 Å². The number of nitrogens with zero attached hydrogens (tertiary/aromatic N) is 11. The monoisotopic (exact) mass is 723 g/mol. The quantitative estimate of drug-likeness (QED) is 0.193. The molecule has 15 nitrogen and oxygen atoms in total. The Morgan fingerprint density at radius 2 is 1.81 bits per heavy atom. The highest BCUT2D eigenvalue weighted by molar-refractivity contribution is 6.05. The third kappa shape index (κ3) is 7.23. The van der Waals surface area contributed by atoms with Crippen molar-refractivity contribution in [2.75, 3.05) is 36.4 Å². The predicted molar refractivity (Wildman–Crippen MR) is 200 cm³/mol. The van der Waals surface area contributed by atoms with Gasteiger partial charge in [-0.25, -0.2) is 19.4 Å². The number of pyridine rings is 2. The summed E-state index contributed by atoms with van der Waals surface area (Å²) in [6.45, 7) is 5.45. The Morgan fingerprint density at radius 3 is 2.59 bits per heavy atom. The van der Waals surface area contributed by atoms with Gasteiger partial charge in [0.15, 0.2) is 11.5 Å². The minimum Gasteiger partial charge on any atom is -0.368 e. The van der Waals surface area contributed by atoms with Crippen LogP contribution < -0.4 is 15.5 Å². The number of nitrogens with one attached hydrogen (secondary N) is 2. The summed E-state index contributed by atoms with van der Waals surface area (Å²) in [7, 11) is 0. The number of anilines is 2. The molecule has 3 aliphatic rings. The summed E-state index contributed by atoms with van der Waals surface area (Å²) >= 11 is 0. The fourth-order valence-electron chi connectivity index (χ4n) is 8.00. The first-order chi connectivity index (χ1) is 26.3. The first kappa shape index (κ1) is 34.9. The van der Waals surface area contributed by atoms with Crippen molar-refractivity contribution in [3.63, 3.8) is 0 Å². The Hall–Kier alpha value is -6.19. The normalized spacial score (nSPS) is 21.1. The van der Waals surface area contributed by atoms with Gasteiger partial charge in [-0.2, -0.15) is 20.3 Å². The summed E-state index contributed by atoms with van der Waals surface area (Å²) in [5, 5.41) is 38.7. The van der Waals surface area contributed by atoms with E-state index < -0.39 is 6.04 Å². The number of carbonyl (C=O) groups excluding carboxylic acids is 2. The largest absolute Gasteiger partial charge is 0.368 e. The molecular formula is C39H41N13O2. The smallest absolute Gasteiger partial charge is 0.328 e. The number of urea groups is 1. The molecule has 4 aromatic heterocycles. The summed E-state index contributed by atoms with van der Waals surface area (Å²) in [5.74, 6) is 1.81. The van der Waals surface area contributed by atoms with Crippen molar-refractivity contribution in [1.82, 2.24) is 45.0 Å². The molecule has 5 aromatic rings. The van der Waals surface area contributed by atoms with E-state index in [9.17, 15) is 20.1 Å². The zero-order chi connectivity index (χ0) is 37.2. The third-order valence-corrected chi connectivity index (χ3v) is 11.1. The van der Waals surface area contributed by atoms with Gasteiger partial charge >= 0.3 is 6.03 Å². The topological polar surface area (TPSA) is 187 Å². The number of likely N-dealkylation sites (tertiary alicyclic amines) is 1. The molecule has 2 saturated heterocycles. The average Bonchev–Trinajstić information content (AvgIpc) is 3.98. The van der Waals surface area contributed by atoms with Gasteiger partial charge in [-0.05, 0) is 94.1 Å². The van der Waals surface area contributed by atoms with Crippen molar-refractivity contribution >= 4 is 34.3 Å². The molecule has 274 valence electrons. The molecule has 0 radical (unpaired) electrons. The maximum absolute atomic E-state index is 12.2. The predicted octanol–water partition coefficient (Wildman–Crippen LogP) is 5.19.